The lowest BCUT2D eigenvalue weighted by Crippen LogP contribution is -1.93. The minimum absolute atomic E-state index is 0.103. The van der Waals surface area contributed by atoms with Crippen LogP contribution in [0, 0.1) is 20.8 Å². The van der Waals surface area contributed by atoms with E-state index in [0.717, 1.165) is 5.56 Å². The number of allylic oxidation sites excluding steroid dienone is 1. The molecule has 2 heteroatoms. The third kappa shape index (κ3) is 3.15. The smallest absolute Gasteiger partial charge is 0.185 e. The quantitative estimate of drug-likeness (QED) is 0.667. The Labute approximate surface area is 119 Å². The average Bonchev–Trinajstić information content (AvgIpc) is 2.42. The van der Waals surface area contributed by atoms with Crippen LogP contribution in [0.25, 0.3) is 6.08 Å². The van der Waals surface area contributed by atoms with Gasteiger partial charge in [0.05, 0.1) is 0 Å². The Morgan fingerprint density at radius 1 is 1.05 bits per heavy atom. The van der Waals surface area contributed by atoms with Gasteiger partial charge in [-0.25, -0.2) is 0 Å². The monoisotopic (exact) mass is 266 g/mol. The first-order chi connectivity index (χ1) is 9.47. The van der Waals surface area contributed by atoms with Crippen molar-refractivity contribution < 1.29 is 9.90 Å². The zero-order chi connectivity index (χ0) is 14.7. The molecule has 0 aliphatic heterocycles. The van der Waals surface area contributed by atoms with E-state index in [0.29, 0.717) is 5.56 Å². The van der Waals surface area contributed by atoms with Crippen molar-refractivity contribution in [2.75, 3.05) is 0 Å². The second-order valence-corrected chi connectivity index (χ2v) is 5.03. The lowest BCUT2D eigenvalue weighted by Gasteiger charge is -2.06. The molecule has 0 bridgehead atoms. The van der Waals surface area contributed by atoms with Gasteiger partial charge in [-0.05, 0) is 61.2 Å². The molecule has 0 radical (unpaired) electrons. The van der Waals surface area contributed by atoms with E-state index in [1.807, 2.05) is 6.08 Å². The highest BCUT2D eigenvalue weighted by Gasteiger charge is 2.03. The van der Waals surface area contributed by atoms with Gasteiger partial charge in [-0.2, -0.15) is 0 Å². The Kier molecular flexibility index (Phi) is 4.04. The topological polar surface area (TPSA) is 37.3 Å². The van der Waals surface area contributed by atoms with Crippen LogP contribution in [-0.2, 0) is 0 Å². The van der Waals surface area contributed by atoms with Crippen LogP contribution < -0.4 is 0 Å². The molecule has 102 valence electrons. The number of carbonyl (C=O) groups excluding carboxylic acids is 1. The number of ketones is 1. The molecule has 2 rings (SSSR count). The van der Waals surface area contributed by atoms with Crippen LogP contribution in [0.3, 0.4) is 0 Å². The van der Waals surface area contributed by atoms with E-state index in [1.54, 1.807) is 18.2 Å². The fourth-order valence-corrected chi connectivity index (χ4v) is 2.09. The van der Waals surface area contributed by atoms with Crippen molar-refractivity contribution in [2.24, 2.45) is 0 Å². The molecule has 0 atom stereocenters. The van der Waals surface area contributed by atoms with Crippen molar-refractivity contribution in [3.8, 4) is 5.75 Å². The summed E-state index contributed by atoms with van der Waals surface area (Å²) < 4.78 is 0. The molecule has 0 fully saturated rings. The molecule has 0 unspecified atom stereocenters. The van der Waals surface area contributed by atoms with Crippen LogP contribution in [0.1, 0.15) is 32.6 Å². The highest BCUT2D eigenvalue weighted by atomic mass is 16.3. The molecule has 1 N–H and O–H groups in total. The minimum Gasteiger partial charge on any atom is -0.508 e. The van der Waals surface area contributed by atoms with Gasteiger partial charge in [0.25, 0.3) is 0 Å². The molecule has 0 heterocycles. The van der Waals surface area contributed by atoms with Crippen molar-refractivity contribution in [1.82, 2.24) is 0 Å². The molecule has 2 nitrogen and oxygen atoms in total. The molecule has 0 aromatic heterocycles. The number of carbonyl (C=O) groups is 1. The summed E-state index contributed by atoms with van der Waals surface area (Å²) in [5.41, 5.74) is 5.21. The van der Waals surface area contributed by atoms with Crippen LogP contribution in [0.4, 0.5) is 0 Å². The van der Waals surface area contributed by atoms with Gasteiger partial charge in [0.15, 0.2) is 5.78 Å². The second-order valence-electron chi connectivity index (χ2n) is 5.03. The standard InChI is InChI=1S/C18H18O2/c1-12-9-15(10-13(2)14(12)3)7-8-18(20)16-5-4-6-17(19)11-16/h4-11,19H,1-3H3/b8-7+. The van der Waals surface area contributed by atoms with E-state index in [2.05, 4.69) is 32.9 Å². The number of aryl methyl sites for hydroxylation is 2. The van der Waals surface area contributed by atoms with Crippen molar-refractivity contribution in [2.45, 2.75) is 20.8 Å². The van der Waals surface area contributed by atoms with Crippen molar-refractivity contribution >= 4 is 11.9 Å². The van der Waals surface area contributed by atoms with E-state index in [9.17, 15) is 9.90 Å². The van der Waals surface area contributed by atoms with Gasteiger partial charge in [-0.15, -0.1) is 0 Å². The van der Waals surface area contributed by atoms with Crippen LogP contribution >= 0.6 is 0 Å². The van der Waals surface area contributed by atoms with E-state index in [1.165, 1.54) is 28.8 Å². The van der Waals surface area contributed by atoms with Gasteiger partial charge in [-0.3, -0.25) is 4.79 Å². The molecule has 2 aromatic rings. The molecule has 0 spiro atoms. The first-order valence-electron chi connectivity index (χ1n) is 6.56. The maximum atomic E-state index is 12.0. The Hall–Kier alpha value is -2.35. The number of phenolic OH excluding ortho intramolecular Hbond substituents is 1. The zero-order valence-corrected chi connectivity index (χ0v) is 12.0. The fourth-order valence-electron chi connectivity index (χ4n) is 2.09. The van der Waals surface area contributed by atoms with Crippen molar-refractivity contribution in [3.05, 3.63) is 70.3 Å². The van der Waals surface area contributed by atoms with E-state index in [-0.39, 0.29) is 11.5 Å². The summed E-state index contributed by atoms with van der Waals surface area (Å²) in [6.07, 6.45) is 3.35. The Morgan fingerprint density at radius 3 is 2.30 bits per heavy atom. The number of rotatable bonds is 3. The maximum Gasteiger partial charge on any atom is 0.185 e. The van der Waals surface area contributed by atoms with Crippen LogP contribution in [-0.4, -0.2) is 10.9 Å². The molecular formula is C18H18O2. The largest absolute Gasteiger partial charge is 0.508 e. The lowest BCUT2D eigenvalue weighted by molar-refractivity contribution is 0.104. The van der Waals surface area contributed by atoms with E-state index in [4.69, 9.17) is 0 Å². The Bertz CT molecular complexity index is 659. The summed E-state index contributed by atoms with van der Waals surface area (Å²) in [7, 11) is 0. The summed E-state index contributed by atoms with van der Waals surface area (Å²) in [6.45, 7) is 6.23. The first-order valence-corrected chi connectivity index (χ1v) is 6.56. The third-order valence-electron chi connectivity index (χ3n) is 3.51. The van der Waals surface area contributed by atoms with Crippen molar-refractivity contribution in [1.29, 1.82) is 0 Å². The number of benzene rings is 2. The average molecular weight is 266 g/mol. The molecule has 0 amide bonds. The normalized spacial score (nSPS) is 10.9. The van der Waals surface area contributed by atoms with Gasteiger partial charge < -0.3 is 5.11 Å². The van der Waals surface area contributed by atoms with Crippen molar-refractivity contribution in [3.63, 3.8) is 0 Å². The highest BCUT2D eigenvalue weighted by Crippen LogP contribution is 2.17. The first kappa shape index (κ1) is 14.1. The summed E-state index contributed by atoms with van der Waals surface area (Å²) >= 11 is 0. The van der Waals surface area contributed by atoms with Gasteiger partial charge in [-0.1, -0.05) is 30.3 Å². The predicted molar refractivity (Wildman–Crippen MR) is 82.1 cm³/mol. The Morgan fingerprint density at radius 2 is 1.70 bits per heavy atom. The summed E-state index contributed by atoms with van der Waals surface area (Å²) in [5, 5.41) is 9.37. The molecule has 0 saturated carbocycles. The van der Waals surface area contributed by atoms with Crippen LogP contribution in [0.5, 0.6) is 5.75 Å². The molecule has 20 heavy (non-hydrogen) atoms. The zero-order valence-electron chi connectivity index (χ0n) is 12.0. The van der Waals surface area contributed by atoms with Crippen LogP contribution in [0.2, 0.25) is 0 Å². The maximum absolute atomic E-state index is 12.0. The van der Waals surface area contributed by atoms with Gasteiger partial charge in [0.1, 0.15) is 5.75 Å². The molecule has 0 saturated heterocycles. The SMILES string of the molecule is Cc1cc(/C=C/C(=O)c2cccc(O)c2)cc(C)c1C. The summed E-state index contributed by atoms with van der Waals surface area (Å²) in [6, 6.07) is 10.5. The molecule has 0 aliphatic carbocycles. The second kappa shape index (κ2) is 5.74. The van der Waals surface area contributed by atoms with Crippen LogP contribution in [0.15, 0.2) is 42.5 Å². The minimum atomic E-state index is -0.114. The van der Waals surface area contributed by atoms with Gasteiger partial charge >= 0.3 is 0 Å². The number of aromatic hydroxyl groups is 1. The summed E-state index contributed by atoms with van der Waals surface area (Å²) in [5.74, 6) is -0.0111. The Balaban J connectivity index is 2.23. The van der Waals surface area contributed by atoms with Gasteiger partial charge in [0.2, 0.25) is 0 Å². The highest BCUT2D eigenvalue weighted by molar-refractivity contribution is 6.07. The number of hydrogen-bond donors (Lipinski definition) is 1. The molecule has 2 aromatic carbocycles. The fraction of sp³-hybridized carbons (Fsp3) is 0.167. The number of hydrogen-bond acceptors (Lipinski definition) is 2. The molecule has 0 aliphatic rings. The number of phenols is 1. The predicted octanol–water partition coefficient (Wildman–Crippen LogP) is 4.21. The lowest BCUT2D eigenvalue weighted by atomic mass is 10.00. The van der Waals surface area contributed by atoms with E-state index >= 15 is 0 Å². The summed E-state index contributed by atoms with van der Waals surface area (Å²) in [4.78, 5) is 12.0. The third-order valence-corrected chi connectivity index (χ3v) is 3.51. The van der Waals surface area contributed by atoms with E-state index < -0.39 is 0 Å². The van der Waals surface area contributed by atoms with Gasteiger partial charge in [0, 0.05) is 5.56 Å². The molecular weight excluding hydrogens is 248 g/mol.